The molecule has 3 aromatic rings. The highest BCUT2D eigenvalue weighted by Gasteiger charge is 2.23. The lowest BCUT2D eigenvalue weighted by atomic mass is 10.1. The molecule has 1 amide bonds. The first-order chi connectivity index (χ1) is 14.2. The van der Waals surface area contributed by atoms with Gasteiger partial charge < -0.3 is 15.5 Å². The SMILES string of the molecule is O=C1NC(=S)SC1=Cc1cc(-c2nc3ccccc3nc2N2CCNCC2)cs1. The van der Waals surface area contributed by atoms with Crippen molar-refractivity contribution in [2.24, 2.45) is 0 Å². The smallest absolute Gasteiger partial charge is 0.263 e. The summed E-state index contributed by atoms with van der Waals surface area (Å²) in [4.78, 5) is 25.8. The number of thioether (sulfide) groups is 1. The van der Waals surface area contributed by atoms with Crippen LogP contribution in [0.3, 0.4) is 0 Å². The first-order valence-corrected chi connectivity index (χ1v) is 11.3. The Hall–Kier alpha value is -2.33. The van der Waals surface area contributed by atoms with Crippen molar-refractivity contribution in [3.63, 3.8) is 0 Å². The maximum Gasteiger partial charge on any atom is 0.263 e. The molecule has 2 fully saturated rings. The zero-order valence-corrected chi connectivity index (χ0v) is 17.8. The van der Waals surface area contributed by atoms with E-state index >= 15 is 0 Å². The molecule has 0 saturated carbocycles. The molecular formula is C20H17N5OS3. The van der Waals surface area contributed by atoms with Gasteiger partial charge in [-0.15, -0.1) is 11.3 Å². The molecule has 0 radical (unpaired) electrons. The summed E-state index contributed by atoms with van der Waals surface area (Å²) >= 11 is 7.95. The Labute approximate surface area is 181 Å². The average molecular weight is 440 g/mol. The number of anilines is 1. The second kappa shape index (κ2) is 7.83. The van der Waals surface area contributed by atoms with Crippen LogP contribution in [0.1, 0.15) is 4.88 Å². The molecule has 2 N–H and O–H groups in total. The van der Waals surface area contributed by atoms with Crippen LogP contribution < -0.4 is 15.5 Å². The predicted molar refractivity (Wildman–Crippen MR) is 124 cm³/mol. The standard InChI is InChI=1S/C20H17N5OS3/c26-19-16(29-20(27)24-19)10-13-9-12(11-28-13)17-18(25-7-5-21-6-8-25)23-15-4-2-1-3-14(15)22-17/h1-4,9-11,21H,5-8H2,(H,24,26,27). The summed E-state index contributed by atoms with van der Waals surface area (Å²) in [5.41, 5.74) is 3.67. The molecule has 9 heteroatoms. The number of aromatic nitrogens is 2. The van der Waals surface area contributed by atoms with Gasteiger partial charge in [0.2, 0.25) is 0 Å². The van der Waals surface area contributed by atoms with Crippen molar-refractivity contribution in [2.45, 2.75) is 0 Å². The normalized spacial score (nSPS) is 18.6. The molecule has 2 aromatic heterocycles. The van der Waals surface area contributed by atoms with Crippen LogP contribution in [0, 0.1) is 0 Å². The number of amides is 1. The molecular weight excluding hydrogens is 422 g/mol. The van der Waals surface area contributed by atoms with E-state index in [2.05, 4.69) is 27.0 Å². The van der Waals surface area contributed by atoms with E-state index < -0.39 is 0 Å². The lowest BCUT2D eigenvalue weighted by molar-refractivity contribution is -0.115. The molecule has 1 aromatic carbocycles. The van der Waals surface area contributed by atoms with Crippen LogP contribution in [0.4, 0.5) is 5.82 Å². The Bertz CT molecular complexity index is 1150. The number of hydrogen-bond acceptors (Lipinski definition) is 8. The Balaban J connectivity index is 1.57. The molecule has 2 aliphatic heterocycles. The average Bonchev–Trinajstić information content (AvgIpc) is 3.33. The number of carbonyl (C=O) groups excluding carboxylic acids is 1. The Morgan fingerprint density at radius 2 is 1.90 bits per heavy atom. The van der Waals surface area contributed by atoms with Gasteiger partial charge in [-0.25, -0.2) is 9.97 Å². The van der Waals surface area contributed by atoms with Crippen molar-refractivity contribution < 1.29 is 4.79 Å². The van der Waals surface area contributed by atoms with Crippen LogP contribution >= 0.6 is 35.3 Å². The fraction of sp³-hybridized carbons (Fsp3) is 0.200. The second-order valence-corrected chi connectivity index (χ2v) is 9.37. The first kappa shape index (κ1) is 18.7. The topological polar surface area (TPSA) is 70.2 Å². The third-order valence-electron chi connectivity index (χ3n) is 4.78. The van der Waals surface area contributed by atoms with Crippen LogP contribution in [-0.2, 0) is 4.79 Å². The number of piperazine rings is 1. The highest BCUT2D eigenvalue weighted by Crippen LogP contribution is 2.35. The number of thiocarbonyl (C=S) groups is 1. The molecule has 0 bridgehead atoms. The molecule has 6 nitrogen and oxygen atoms in total. The molecule has 146 valence electrons. The number of para-hydroxylation sites is 2. The van der Waals surface area contributed by atoms with E-state index in [0.717, 1.165) is 59.2 Å². The van der Waals surface area contributed by atoms with Gasteiger partial charge in [-0.1, -0.05) is 36.1 Å². The predicted octanol–water partition coefficient (Wildman–Crippen LogP) is 3.26. The van der Waals surface area contributed by atoms with E-state index in [-0.39, 0.29) is 5.91 Å². The highest BCUT2D eigenvalue weighted by molar-refractivity contribution is 8.26. The molecule has 2 saturated heterocycles. The Kier molecular flexibility index (Phi) is 5.04. The van der Waals surface area contributed by atoms with Gasteiger partial charge >= 0.3 is 0 Å². The summed E-state index contributed by atoms with van der Waals surface area (Å²) < 4.78 is 0.499. The molecule has 0 aliphatic carbocycles. The summed E-state index contributed by atoms with van der Waals surface area (Å²) in [6.07, 6.45) is 1.88. The van der Waals surface area contributed by atoms with E-state index in [9.17, 15) is 4.79 Å². The minimum Gasteiger partial charge on any atom is -0.352 e. The summed E-state index contributed by atoms with van der Waals surface area (Å²) in [6, 6.07) is 10.0. The summed E-state index contributed by atoms with van der Waals surface area (Å²) in [6.45, 7) is 3.66. The molecule has 0 atom stereocenters. The second-order valence-electron chi connectivity index (χ2n) is 6.71. The van der Waals surface area contributed by atoms with E-state index in [4.69, 9.17) is 22.2 Å². The number of nitrogens with one attached hydrogen (secondary N) is 2. The Morgan fingerprint density at radius 3 is 2.62 bits per heavy atom. The maximum atomic E-state index is 12.0. The number of benzene rings is 1. The Morgan fingerprint density at radius 1 is 1.14 bits per heavy atom. The highest BCUT2D eigenvalue weighted by atomic mass is 32.2. The van der Waals surface area contributed by atoms with Gasteiger partial charge in [0.1, 0.15) is 10.0 Å². The summed E-state index contributed by atoms with van der Waals surface area (Å²) in [5, 5.41) is 8.12. The van der Waals surface area contributed by atoms with Crippen LogP contribution in [0.25, 0.3) is 28.4 Å². The van der Waals surface area contributed by atoms with Gasteiger partial charge in [0.15, 0.2) is 5.82 Å². The number of nitrogens with zero attached hydrogens (tertiary/aromatic N) is 3. The molecule has 2 aliphatic rings. The molecule has 29 heavy (non-hydrogen) atoms. The molecule has 5 rings (SSSR count). The zero-order chi connectivity index (χ0) is 19.8. The van der Waals surface area contributed by atoms with Crippen molar-refractivity contribution >= 4 is 68.5 Å². The quantitative estimate of drug-likeness (QED) is 0.479. The van der Waals surface area contributed by atoms with Gasteiger partial charge in [-0.2, -0.15) is 0 Å². The van der Waals surface area contributed by atoms with Crippen LogP contribution in [0.2, 0.25) is 0 Å². The summed E-state index contributed by atoms with van der Waals surface area (Å²) in [7, 11) is 0. The first-order valence-electron chi connectivity index (χ1n) is 9.23. The van der Waals surface area contributed by atoms with Crippen molar-refractivity contribution in [3.05, 3.63) is 45.5 Å². The van der Waals surface area contributed by atoms with Crippen LogP contribution in [0.15, 0.2) is 40.6 Å². The summed E-state index contributed by atoms with van der Waals surface area (Å²) in [5.74, 6) is 0.776. The van der Waals surface area contributed by atoms with Crippen molar-refractivity contribution in [2.75, 3.05) is 31.1 Å². The molecule has 0 unspecified atom stereocenters. The zero-order valence-electron chi connectivity index (χ0n) is 15.3. The molecule has 4 heterocycles. The van der Waals surface area contributed by atoms with E-state index in [0.29, 0.717) is 9.23 Å². The fourth-order valence-electron chi connectivity index (χ4n) is 3.38. The van der Waals surface area contributed by atoms with Gasteiger partial charge in [0.25, 0.3) is 5.91 Å². The maximum absolute atomic E-state index is 12.0. The van der Waals surface area contributed by atoms with Crippen LogP contribution in [0.5, 0.6) is 0 Å². The van der Waals surface area contributed by atoms with Gasteiger partial charge in [0.05, 0.1) is 15.9 Å². The van der Waals surface area contributed by atoms with Gasteiger partial charge in [-0.05, 0) is 24.3 Å². The largest absolute Gasteiger partial charge is 0.352 e. The van der Waals surface area contributed by atoms with Gasteiger partial charge in [0, 0.05) is 42.0 Å². The lowest BCUT2D eigenvalue weighted by Gasteiger charge is -2.29. The third-order valence-corrected chi connectivity index (χ3v) is 6.82. The van der Waals surface area contributed by atoms with Crippen molar-refractivity contribution in [1.29, 1.82) is 0 Å². The third kappa shape index (κ3) is 3.78. The minimum absolute atomic E-state index is 0.137. The van der Waals surface area contributed by atoms with E-state index in [1.807, 2.05) is 30.3 Å². The lowest BCUT2D eigenvalue weighted by Crippen LogP contribution is -2.44. The fourth-order valence-corrected chi connectivity index (χ4v) is 5.32. The number of rotatable bonds is 3. The number of carbonyl (C=O) groups is 1. The number of hydrogen-bond donors (Lipinski definition) is 2. The van der Waals surface area contributed by atoms with Crippen molar-refractivity contribution in [1.82, 2.24) is 20.6 Å². The van der Waals surface area contributed by atoms with Gasteiger partial charge in [-0.3, -0.25) is 4.79 Å². The van der Waals surface area contributed by atoms with Crippen LogP contribution in [-0.4, -0.2) is 46.4 Å². The molecule has 0 spiro atoms. The number of fused-ring (bicyclic) bond motifs is 1. The monoisotopic (exact) mass is 439 g/mol. The minimum atomic E-state index is -0.137. The number of thiophene rings is 1. The van der Waals surface area contributed by atoms with E-state index in [1.165, 1.54) is 11.8 Å². The van der Waals surface area contributed by atoms with Crippen molar-refractivity contribution in [3.8, 4) is 11.3 Å². The van der Waals surface area contributed by atoms with E-state index in [1.54, 1.807) is 11.3 Å².